The quantitative estimate of drug-likeness (QED) is 0.854. The monoisotopic (exact) mass is 347 g/mol. The molecule has 0 spiro atoms. The number of amides is 1. The molecule has 1 fully saturated rings. The van der Waals surface area contributed by atoms with Crippen LogP contribution >= 0.6 is 0 Å². The van der Waals surface area contributed by atoms with Gasteiger partial charge in [-0.2, -0.15) is 0 Å². The van der Waals surface area contributed by atoms with Crippen LogP contribution in [-0.4, -0.2) is 32.0 Å². The Labute approximate surface area is 142 Å². The predicted molar refractivity (Wildman–Crippen MR) is 90.6 cm³/mol. The Bertz CT molecular complexity index is 840. The first-order valence-corrected chi connectivity index (χ1v) is 9.92. The Kier molecular flexibility index (Phi) is 4.49. The van der Waals surface area contributed by atoms with Gasteiger partial charge in [0.25, 0.3) is 5.91 Å². The minimum absolute atomic E-state index is 0.0949. The van der Waals surface area contributed by atoms with Crippen LogP contribution in [0.2, 0.25) is 0 Å². The van der Waals surface area contributed by atoms with Crippen molar-refractivity contribution in [3.8, 4) is 0 Å². The van der Waals surface area contributed by atoms with Gasteiger partial charge in [0.1, 0.15) is 5.76 Å². The van der Waals surface area contributed by atoms with Gasteiger partial charge in [0.2, 0.25) is 0 Å². The Morgan fingerprint density at radius 2 is 2.04 bits per heavy atom. The molecule has 0 saturated carbocycles. The fraction of sp³-hybridized carbons (Fsp3) is 0.389. The number of carbonyl (C=O) groups is 1. The van der Waals surface area contributed by atoms with Crippen molar-refractivity contribution in [2.45, 2.75) is 37.1 Å². The zero-order valence-electron chi connectivity index (χ0n) is 13.9. The molecule has 2 aromatic rings. The van der Waals surface area contributed by atoms with Crippen molar-refractivity contribution < 1.29 is 17.6 Å². The van der Waals surface area contributed by atoms with E-state index in [1.165, 1.54) is 6.07 Å². The summed E-state index contributed by atoms with van der Waals surface area (Å²) in [6, 6.07) is 8.33. The summed E-state index contributed by atoms with van der Waals surface area (Å²) >= 11 is 0. The van der Waals surface area contributed by atoms with Crippen LogP contribution in [0.5, 0.6) is 0 Å². The maximum atomic E-state index is 13.1. The zero-order chi connectivity index (χ0) is 17.3. The lowest BCUT2D eigenvalue weighted by molar-refractivity contribution is 0.0579. The second kappa shape index (κ2) is 6.43. The minimum atomic E-state index is -3.35. The van der Waals surface area contributed by atoms with Gasteiger partial charge in [0.15, 0.2) is 9.84 Å². The van der Waals surface area contributed by atoms with E-state index in [-0.39, 0.29) is 16.8 Å². The highest BCUT2D eigenvalue weighted by molar-refractivity contribution is 7.90. The molecule has 1 aliphatic rings. The fourth-order valence-electron chi connectivity index (χ4n) is 3.17. The highest BCUT2D eigenvalue weighted by atomic mass is 32.2. The molecule has 2 heterocycles. The van der Waals surface area contributed by atoms with Crippen molar-refractivity contribution in [3.05, 3.63) is 53.5 Å². The second-order valence-corrected chi connectivity index (χ2v) is 8.29. The van der Waals surface area contributed by atoms with Crippen LogP contribution in [0.4, 0.5) is 0 Å². The maximum absolute atomic E-state index is 13.1. The minimum Gasteiger partial charge on any atom is -0.467 e. The molecular formula is C18H21NO4S. The van der Waals surface area contributed by atoms with Crippen LogP contribution in [0.1, 0.15) is 47.0 Å². The normalized spacial score (nSPS) is 18.6. The van der Waals surface area contributed by atoms with Gasteiger partial charge in [-0.15, -0.1) is 0 Å². The number of piperidine rings is 1. The number of hydrogen-bond donors (Lipinski definition) is 0. The summed E-state index contributed by atoms with van der Waals surface area (Å²) in [5.74, 6) is 0.638. The second-order valence-electron chi connectivity index (χ2n) is 6.27. The zero-order valence-corrected chi connectivity index (χ0v) is 14.7. The van der Waals surface area contributed by atoms with Gasteiger partial charge in [0, 0.05) is 18.4 Å². The van der Waals surface area contributed by atoms with Gasteiger partial charge < -0.3 is 9.32 Å². The van der Waals surface area contributed by atoms with Gasteiger partial charge in [-0.3, -0.25) is 4.79 Å². The first kappa shape index (κ1) is 16.8. The summed E-state index contributed by atoms with van der Waals surface area (Å²) in [7, 11) is -3.35. The van der Waals surface area contributed by atoms with Gasteiger partial charge in [0.05, 0.1) is 17.2 Å². The standard InChI is InChI=1S/C18H21NO4S/c1-13-8-9-14(24(2,21)22)12-15(13)18(20)19-10-4-3-6-16(19)17-7-5-11-23-17/h5,7-9,11-12,16H,3-4,6,10H2,1-2H3/t16-/m1/s1. The number of rotatable bonds is 3. The molecular weight excluding hydrogens is 326 g/mol. The smallest absolute Gasteiger partial charge is 0.254 e. The van der Waals surface area contributed by atoms with Crippen molar-refractivity contribution in [2.75, 3.05) is 12.8 Å². The van der Waals surface area contributed by atoms with E-state index in [1.54, 1.807) is 23.3 Å². The summed E-state index contributed by atoms with van der Waals surface area (Å²) in [5.41, 5.74) is 1.22. The predicted octanol–water partition coefficient (Wildman–Crippen LogP) is 3.36. The van der Waals surface area contributed by atoms with Gasteiger partial charge in [-0.05, 0) is 56.0 Å². The lowest BCUT2D eigenvalue weighted by atomic mass is 9.98. The van der Waals surface area contributed by atoms with Crippen LogP contribution in [-0.2, 0) is 9.84 Å². The first-order chi connectivity index (χ1) is 11.4. The molecule has 128 valence electrons. The lowest BCUT2D eigenvalue weighted by Crippen LogP contribution is -2.38. The molecule has 1 saturated heterocycles. The van der Waals surface area contributed by atoms with E-state index < -0.39 is 9.84 Å². The number of hydrogen-bond acceptors (Lipinski definition) is 4. The Morgan fingerprint density at radius 1 is 1.25 bits per heavy atom. The molecule has 1 aromatic carbocycles. The Balaban J connectivity index is 1.98. The highest BCUT2D eigenvalue weighted by Gasteiger charge is 2.31. The van der Waals surface area contributed by atoms with Crippen LogP contribution in [0, 0.1) is 6.92 Å². The number of benzene rings is 1. The summed E-state index contributed by atoms with van der Waals surface area (Å²) in [6.45, 7) is 2.47. The molecule has 0 radical (unpaired) electrons. The third kappa shape index (κ3) is 3.24. The molecule has 6 heteroatoms. The molecule has 0 aliphatic carbocycles. The maximum Gasteiger partial charge on any atom is 0.254 e. The van der Waals surface area contributed by atoms with Crippen molar-refractivity contribution >= 4 is 15.7 Å². The molecule has 0 unspecified atom stereocenters. The number of furan rings is 1. The SMILES string of the molecule is Cc1ccc(S(C)(=O)=O)cc1C(=O)N1CCCC[C@@H]1c1ccco1. The van der Waals surface area contributed by atoms with Crippen molar-refractivity contribution in [2.24, 2.45) is 0 Å². The van der Waals surface area contributed by atoms with Crippen molar-refractivity contribution in [1.82, 2.24) is 4.90 Å². The molecule has 1 amide bonds. The van der Waals surface area contributed by atoms with Crippen LogP contribution in [0.25, 0.3) is 0 Å². The number of nitrogens with zero attached hydrogens (tertiary/aromatic N) is 1. The van der Waals surface area contributed by atoms with E-state index in [0.717, 1.165) is 36.8 Å². The molecule has 3 rings (SSSR count). The third-order valence-corrected chi connectivity index (χ3v) is 5.61. The molecule has 0 N–H and O–H groups in total. The Hall–Kier alpha value is -2.08. The number of aryl methyl sites for hydroxylation is 1. The number of sulfone groups is 1. The van der Waals surface area contributed by atoms with Crippen LogP contribution < -0.4 is 0 Å². The summed E-state index contributed by atoms with van der Waals surface area (Å²) in [5, 5.41) is 0. The molecule has 24 heavy (non-hydrogen) atoms. The Morgan fingerprint density at radius 3 is 2.71 bits per heavy atom. The largest absolute Gasteiger partial charge is 0.467 e. The van der Waals surface area contributed by atoms with Gasteiger partial charge in [-0.1, -0.05) is 6.07 Å². The molecule has 1 atom stereocenters. The third-order valence-electron chi connectivity index (χ3n) is 4.50. The van der Waals surface area contributed by atoms with E-state index in [0.29, 0.717) is 12.1 Å². The molecule has 0 bridgehead atoms. The summed E-state index contributed by atoms with van der Waals surface area (Å²) in [6.07, 6.45) is 5.59. The molecule has 1 aromatic heterocycles. The highest BCUT2D eigenvalue weighted by Crippen LogP contribution is 2.33. The molecule has 1 aliphatic heterocycles. The van der Waals surface area contributed by atoms with E-state index in [4.69, 9.17) is 4.42 Å². The van der Waals surface area contributed by atoms with E-state index >= 15 is 0 Å². The average Bonchev–Trinajstić information content (AvgIpc) is 3.08. The van der Waals surface area contributed by atoms with Crippen LogP contribution in [0.15, 0.2) is 45.9 Å². The topological polar surface area (TPSA) is 67.6 Å². The van der Waals surface area contributed by atoms with Crippen molar-refractivity contribution in [3.63, 3.8) is 0 Å². The van der Waals surface area contributed by atoms with Gasteiger partial charge in [-0.25, -0.2) is 8.42 Å². The number of carbonyl (C=O) groups excluding carboxylic acids is 1. The van der Waals surface area contributed by atoms with Crippen LogP contribution in [0.3, 0.4) is 0 Å². The first-order valence-electron chi connectivity index (χ1n) is 8.03. The van der Waals surface area contributed by atoms with Gasteiger partial charge >= 0.3 is 0 Å². The van der Waals surface area contributed by atoms with E-state index in [9.17, 15) is 13.2 Å². The summed E-state index contributed by atoms with van der Waals surface area (Å²) < 4.78 is 29.1. The lowest BCUT2D eigenvalue weighted by Gasteiger charge is -2.35. The summed E-state index contributed by atoms with van der Waals surface area (Å²) in [4.78, 5) is 15.1. The molecule has 5 nitrogen and oxygen atoms in total. The van der Waals surface area contributed by atoms with Crippen molar-refractivity contribution in [1.29, 1.82) is 0 Å². The van der Waals surface area contributed by atoms with E-state index in [1.807, 2.05) is 19.1 Å². The van der Waals surface area contributed by atoms with E-state index in [2.05, 4.69) is 0 Å². The average molecular weight is 347 g/mol. The number of likely N-dealkylation sites (tertiary alicyclic amines) is 1. The fourth-order valence-corrected chi connectivity index (χ4v) is 3.82.